The SMILES string of the molecule is CCS(=O)C(C)C(=O)Nc1ccc(Cl)cc1N. The van der Waals surface area contributed by atoms with Crippen LogP contribution in [-0.2, 0) is 15.6 Å². The van der Waals surface area contributed by atoms with Gasteiger partial charge in [0.25, 0.3) is 0 Å². The molecule has 0 aromatic heterocycles. The number of halogens is 1. The highest BCUT2D eigenvalue weighted by Crippen LogP contribution is 2.22. The number of hydrogen-bond acceptors (Lipinski definition) is 3. The minimum absolute atomic E-state index is 0.306. The molecular formula is C11H15ClN2O2S. The van der Waals surface area contributed by atoms with Crippen molar-refractivity contribution >= 4 is 39.7 Å². The van der Waals surface area contributed by atoms with Gasteiger partial charge in [-0.1, -0.05) is 18.5 Å². The Hall–Kier alpha value is -1.07. The monoisotopic (exact) mass is 274 g/mol. The molecule has 0 heterocycles. The Morgan fingerprint density at radius 2 is 2.24 bits per heavy atom. The first-order valence-corrected chi connectivity index (χ1v) is 6.94. The molecule has 4 nitrogen and oxygen atoms in total. The predicted molar refractivity (Wildman–Crippen MR) is 72.6 cm³/mol. The fourth-order valence-corrected chi connectivity index (χ4v) is 2.23. The van der Waals surface area contributed by atoms with Crippen LogP contribution in [0.5, 0.6) is 0 Å². The van der Waals surface area contributed by atoms with Gasteiger partial charge in [0, 0.05) is 21.6 Å². The minimum atomic E-state index is -1.17. The van der Waals surface area contributed by atoms with E-state index in [2.05, 4.69) is 5.32 Å². The first-order valence-electron chi connectivity index (χ1n) is 5.18. The van der Waals surface area contributed by atoms with Crippen molar-refractivity contribution in [1.82, 2.24) is 0 Å². The van der Waals surface area contributed by atoms with Crippen LogP contribution in [0.2, 0.25) is 5.02 Å². The third kappa shape index (κ3) is 3.71. The molecule has 2 unspecified atom stereocenters. The van der Waals surface area contributed by atoms with Gasteiger partial charge in [-0.25, -0.2) is 0 Å². The van der Waals surface area contributed by atoms with Gasteiger partial charge < -0.3 is 11.1 Å². The summed E-state index contributed by atoms with van der Waals surface area (Å²) in [7, 11) is -1.17. The summed E-state index contributed by atoms with van der Waals surface area (Å²) in [6.07, 6.45) is 0. The molecule has 1 amide bonds. The zero-order valence-corrected chi connectivity index (χ0v) is 11.3. The number of anilines is 2. The van der Waals surface area contributed by atoms with Gasteiger partial charge in [-0.05, 0) is 25.1 Å². The minimum Gasteiger partial charge on any atom is -0.397 e. The molecule has 0 saturated carbocycles. The molecule has 1 aromatic carbocycles. The first-order chi connectivity index (χ1) is 7.95. The van der Waals surface area contributed by atoms with E-state index in [1.165, 1.54) is 0 Å². The van der Waals surface area contributed by atoms with Crippen molar-refractivity contribution < 1.29 is 9.00 Å². The molecule has 0 radical (unpaired) electrons. The second-order valence-electron chi connectivity index (χ2n) is 3.53. The maximum atomic E-state index is 11.8. The maximum absolute atomic E-state index is 11.8. The number of nitrogens with two attached hydrogens (primary N) is 1. The Bertz CT molecular complexity index is 451. The molecule has 0 fully saturated rings. The number of amides is 1. The van der Waals surface area contributed by atoms with Gasteiger partial charge in [0.2, 0.25) is 5.91 Å². The normalized spacial score (nSPS) is 14.1. The Balaban J connectivity index is 2.78. The lowest BCUT2D eigenvalue weighted by atomic mass is 10.2. The highest BCUT2D eigenvalue weighted by Gasteiger charge is 2.19. The number of hydrogen-bond donors (Lipinski definition) is 2. The summed E-state index contributed by atoms with van der Waals surface area (Å²) in [6, 6.07) is 4.81. The lowest BCUT2D eigenvalue weighted by molar-refractivity contribution is -0.115. The summed E-state index contributed by atoms with van der Waals surface area (Å²) in [5.41, 5.74) is 6.58. The number of nitrogen functional groups attached to an aromatic ring is 1. The molecular weight excluding hydrogens is 260 g/mol. The number of benzene rings is 1. The zero-order valence-electron chi connectivity index (χ0n) is 9.70. The Morgan fingerprint density at radius 3 is 2.76 bits per heavy atom. The third-order valence-electron chi connectivity index (χ3n) is 2.32. The molecule has 2 atom stereocenters. The summed E-state index contributed by atoms with van der Waals surface area (Å²) in [5.74, 6) is 0.143. The van der Waals surface area contributed by atoms with Crippen LogP contribution in [0.25, 0.3) is 0 Å². The summed E-state index contributed by atoms with van der Waals surface area (Å²) in [4.78, 5) is 11.8. The van der Waals surface area contributed by atoms with Gasteiger partial charge in [-0.3, -0.25) is 9.00 Å². The van der Waals surface area contributed by atoms with Crippen LogP contribution in [0.4, 0.5) is 11.4 Å². The molecule has 3 N–H and O–H groups in total. The standard InChI is InChI=1S/C11H15ClN2O2S/c1-3-17(16)7(2)11(15)14-10-5-4-8(12)6-9(10)13/h4-7H,3,13H2,1-2H3,(H,14,15). The van der Waals surface area contributed by atoms with Crippen LogP contribution in [0.3, 0.4) is 0 Å². The van der Waals surface area contributed by atoms with Gasteiger partial charge in [0.05, 0.1) is 11.4 Å². The van der Waals surface area contributed by atoms with Crippen LogP contribution in [-0.4, -0.2) is 21.1 Å². The van der Waals surface area contributed by atoms with E-state index >= 15 is 0 Å². The molecule has 94 valence electrons. The van der Waals surface area contributed by atoms with E-state index in [1.807, 2.05) is 0 Å². The van der Waals surface area contributed by atoms with Crippen LogP contribution in [0, 0.1) is 0 Å². The fraction of sp³-hybridized carbons (Fsp3) is 0.364. The largest absolute Gasteiger partial charge is 0.397 e. The van der Waals surface area contributed by atoms with Gasteiger partial charge >= 0.3 is 0 Å². The van der Waals surface area contributed by atoms with Crippen LogP contribution < -0.4 is 11.1 Å². The lowest BCUT2D eigenvalue weighted by Crippen LogP contribution is -2.30. The van der Waals surface area contributed by atoms with E-state index in [1.54, 1.807) is 32.0 Å². The van der Waals surface area contributed by atoms with E-state index in [0.29, 0.717) is 22.2 Å². The van der Waals surface area contributed by atoms with Crippen LogP contribution in [0.1, 0.15) is 13.8 Å². The number of carbonyl (C=O) groups excluding carboxylic acids is 1. The summed E-state index contributed by atoms with van der Waals surface area (Å²) >= 11 is 5.75. The fourth-order valence-electron chi connectivity index (χ4n) is 1.25. The molecule has 0 aliphatic rings. The van der Waals surface area contributed by atoms with Gasteiger partial charge in [-0.2, -0.15) is 0 Å². The molecule has 0 spiro atoms. The second kappa shape index (κ2) is 6.02. The van der Waals surface area contributed by atoms with Crippen LogP contribution in [0.15, 0.2) is 18.2 Å². The Labute approximate surface area is 108 Å². The van der Waals surface area contributed by atoms with Crippen molar-refractivity contribution in [1.29, 1.82) is 0 Å². The van der Waals surface area contributed by atoms with E-state index in [9.17, 15) is 9.00 Å². The Morgan fingerprint density at radius 1 is 1.59 bits per heavy atom. The summed E-state index contributed by atoms with van der Waals surface area (Å²) in [5, 5.41) is 2.58. The van der Waals surface area contributed by atoms with Crippen molar-refractivity contribution in [2.24, 2.45) is 0 Å². The maximum Gasteiger partial charge on any atom is 0.239 e. The average Bonchev–Trinajstić information content (AvgIpc) is 2.30. The van der Waals surface area contributed by atoms with E-state index in [-0.39, 0.29) is 5.91 Å². The van der Waals surface area contributed by atoms with E-state index < -0.39 is 16.0 Å². The number of rotatable bonds is 4. The summed E-state index contributed by atoms with van der Waals surface area (Å²) in [6.45, 7) is 3.40. The first kappa shape index (κ1) is 14.0. The molecule has 0 saturated heterocycles. The van der Waals surface area contributed by atoms with E-state index in [4.69, 9.17) is 17.3 Å². The molecule has 0 aliphatic carbocycles. The van der Waals surface area contributed by atoms with Crippen LogP contribution >= 0.6 is 11.6 Å². The highest BCUT2D eigenvalue weighted by molar-refractivity contribution is 7.86. The third-order valence-corrected chi connectivity index (χ3v) is 4.13. The molecule has 17 heavy (non-hydrogen) atoms. The molecule has 1 rings (SSSR count). The Kier molecular flexibility index (Phi) is 4.96. The average molecular weight is 275 g/mol. The summed E-state index contributed by atoms with van der Waals surface area (Å²) < 4.78 is 11.5. The van der Waals surface area contributed by atoms with Crippen molar-refractivity contribution in [3.63, 3.8) is 0 Å². The molecule has 6 heteroatoms. The molecule has 1 aromatic rings. The quantitative estimate of drug-likeness (QED) is 0.825. The second-order valence-corrected chi connectivity index (χ2v) is 6.01. The van der Waals surface area contributed by atoms with Gasteiger partial charge in [0.1, 0.15) is 5.25 Å². The number of nitrogens with one attached hydrogen (secondary N) is 1. The number of carbonyl (C=O) groups is 1. The topological polar surface area (TPSA) is 72.2 Å². The van der Waals surface area contributed by atoms with Crippen molar-refractivity contribution in [2.45, 2.75) is 19.1 Å². The van der Waals surface area contributed by atoms with Gasteiger partial charge in [-0.15, -0.1) is 0 Å². The zero-order chi connectivity index (χ0) is 13.0. The van der Waals surface area contributed by atoms with Gasteiger partial charge in [0.15, 0.2) is 0 Å². The molecule has 0 aliphatic heterocycles. The van der Waals surface area contributed by atoms with Crippen molar-refractivity contribution in [3.8, 4) is 0 Å². The highest BCUT2D eigenvalue weighted by atomic mass is 35.5. The van der Waals surface area contributed by atoms with Crippen molar-refractivity contribution in [2.75, 3.05) is 16.8 Å². The predicted octanol–water partition coefficient (Wildman–Crippen LogP) is 2.02. The smallest absolute Gasteiger partial charge is 0.239 e. The van der Waals surface area contributed by atoms with Crippen molar-refractivity contribution in [3.05, 3.63) is 23.2 Å². The molecule has 0 bridgehead atoms. The van der Waals surface area contributed by atoms with E-state index in [0.717, 1.165) is 0 Å². The lowest BCUT2D eigenvalue weighted by Gasteiger charge is -2.12.